The summed E-state index contributed by atoms with van der Waals surface area (Å²) in [5.41, 5.74) is 0.560. The molecule has 182 valence electrons. The third-order valence-corrected chi connectivity index (χ3v) is 5.13. The fourth-order valence-corrected chi connectivity index (χ4v) is 3.32. The maximum Gasteiger partial charge on any atom is 0.378 e. The summed E-state index contributed by atoms with van der Waals surface area (Å²) in [6, 6.07) is 23.9. The fraction of sp³-hybridized carbons (Fsp3) is 0.111. The molecule has 0 saturated carbocycles. The third-order valence-electron chi connectivity index (χ3n) is 5.13. The van der Waals surface area contributed by atoms with Crippen LogP contribution in [-0.4, -0.2) is 47.8 Å². The van der Waals surface area contributed by atoms with Crippen molar-refractivity contribution < 1.29 is 43.2 Å². The monoisotopic (exact) mass is 488 g/mol. The van der Waals surface area contributed by atoms with Crippen molar-refractivity contribution in [2.45, 2.75) is 12.2 Å². The molecule has 3 aromatic rings. The predicted molar refractivity (Wildman–Crippen MR) is 124 cm³/mol. The first-order chi connectivity index (χ1) is 17.4. The standard InChI is InChI=1S/C27H20O9/c28-21-23(36-26(31)19-14-8-3-9-15-19)22(35-27(21)32)20(34-25(30)18-12-6-2-7-13-18)16-33-24(29)17-10-4-1-5-11-17/h1-15,20,22,28H,16H2/t20-,22+/m0/s1. The van der Waals surface area contributed by atoms with E-state index in [1.807, 2.05) is 0 Å². The van der Waals surface area contributed by atoms with Gasteiger partial charge in [-0.15, -0.1) is 0 Å². The van der Waals surface area contributed by atoms with Gasteiger partial charge in [0.1, 0.15) is 6.61 Å². The first-order valence-corrected chi connectivity index (χ1v) is 10.8. The SMILES string of the molecule is O=C1O[C@H]([C@H](COC(=O)c2ccccc2)OC(=O)c2ccccc2)C(OC(=O)c2ccccc2)=C1O. The molecule has 0 fully saturated rings. The summed E-state index contributed by atoms with van der Waals surface area (Å²) < 4.78 is 21.2. The predicted octanol–water partition coefficient (Wildman–Crippen LogP) is 3.62. The van der Waals surface area contributed by atoms with Crippen LogP contribution in [0.4, 0.5) is 0 Å². The van der Waals surface area contributed by atoms with Crippen molar-refractivity contribution in [2.24, 2.45) is 0 Å². The number of rotatable bonds is 8. The number of cyclic esters (lactones) is 1. The molecule has 1 aliphatic heterocycles. The molecule has 9 heteroatoms. The minimum absolute atomic E-state index is 0.143. The largest absolute Gasteiger partial charge is 0.499 e. The van der Waals surface area contributed by atoms with Gasteiger partial charge in [0, 0.05) is 0 Å². The molecule has 0 aromatic heterocycles. The Morgan fingerprint density at radius 3 is 1.75 bits per heavy atom. The lowest BCUT2D eigenvalue weighted by Gasteiger charge is -2.24. The molecule has 0 saturated heterocycles. The zero-order valence-corrected chi connectivity index (χ0v) is 18.7. The highest BCUT2D eigenvalue weighted by Crippen LogP contribution is 2.28. The first kappa shape index (κ1) is 24.2. The highest BCUT2D eigenvalue weighted by Gasteiger charge is 2.45. The van der Waals surface area contributed by atoms with Gasteiger partial charge < -0.3 is 24.1 Å². The van der Waals surface area contributed by atoms with E-state index in [0.717, 1.165) is 0 Å². The van der Waals surface area contributed by atoms with Crippen LogP contribution in [0.25, 0.3) is 0 Å². The summed E-state index contributed by atoms with van der Waals surface area (Å²) in [5.74, 6) is -5.12. The highest BCUT2D eigenvalue weighted by molar-refractivity contribution is 5.94. The molecule has 0 amide bonds. The van der Waals surface area contributed by atoms with E-state index in [2.05, 4.69) is 0 Å². The molecule has 0 radical (unpaired) electrons. The lowest BCUT2D eigenvalue weighted by Crippen LogP contribution is -2.39. The first-order valence-electron chi connectivity index (χ1n) is 10.8. The Kier molecular flexibility index (Phi) is 7.40. The van der Waals surface area contributed by atoms with Gasteiger partial charge in [0.2, 0.25) is 17.6 Å². The van der Waals surface area contributed by atoms with Gasteiger partial charge in [-0.3, -0.25) is 0 Å². The molecule has 0 spiro atoms. The van der Waals surface area contributed by atoms with Crippen LogP contribution >= 0.6 is 0 Å². The van der Waals surface area contributed by atoms with Crippen molar-refractivity contribution in [1.82, 2.24) is 0 Å². The summed E-state index contributed by atoms with van der Waals surface area (Å²) in [7, 11) is 0. The average molecular weight is 488 g/mol. The molecule has 36 heavy (non-hydrogen) atoms. The Labute approximate surface area is 205 Å². The Morgan fingerprint density at radius 1 is 0.750 bits per heavy atom. The molecule has 1 heterocycles. The molecule has 1 aliphatic rings. The van der Waals surface area contributed by atoms with E-state index in [0.29, 0.717) is 0 Å². The second kappa shape index (κ2) is 11.0. The molecule has 0 unspecified atom stereocenters. The van der Waals surface area contributed by atoms with Crippen LogP contribution in [-0.2, 0) is 23.7 Å². The summed E-state index contributed by atoms with van der Waals surface area (Å²) in [6.45, 7) is -0.566. The Hall–Kier alpha value is -4.92. The number of esters is 4. The molecule has 0 bridgehead atoms. The summed E-state index contributed by atoms with van der Waals surface area (Å²) in [6.07, 6.45) is -3.00. The second-order valence-corrected chi connectivity index (χ2v) is 7.57. The van der Waals surface area contributed by atoms with Crippen LogP contribution in [0.3, 0.4) is 0 Å². The summed E-state index contributed by atoms with van der Waals surface area (Å²) >= 11 is 0. The maximum absolute atomic E-state index is 12.8. The van der Waals surface area contributed by atoms with Crippen LogP contribution in [0.15, 0.2) is 103 Å². The number of aliphatic hydroxyl groups excluding tert-OH is 1. The number of aliphatic hydroxyl groups is 1. The lowest BCUT2D eigenvalue weighted by molar-refractivity contribution is -0.148. The van der Waals surface area contributed by atoms with E-state index in [4.69, 9.17) is 18.9 Å². The van der Waals surface area contributed by atoms with Crippen LogP contribution < -0.4 is 0 Å². The molecule has 3 aromatic carbocycles. The minimum Gasteiger partial charge on any atom is -0.499 e. The highest BCUT2D eigenvalue weighted by atomic mass is 16.6. The van der Waals surface area contributed by atoms with Crippen molar-refractivity contribution in [3.8, 4) is 0 Å². The Morgan fingerprint density at radius 2 is 1.22 bits per heavy atom. The van der Waals surface area contributed by atoms with Crippen molar-refractivity contribution >= 4 is 23.9 Å². The number of benzene rings is 3. The minimum atomic E-state index is -1.55. The van der Waals surface area contributed by atoms with Gasteiger partial charge in [-0.05, 0) is 36.4 Å². The second-order valence-electron chi connectivity index (χ2n) is 7.57. The summed E-state index contributed by atoms with van der Waals surface area (Å²) in [4.78, 5) is 50.0. The number of hydrogen-bond acceptors (Lipinski definition) is 9. The van der Waals surface area contributed by atoms with Gasteiger partial charge in [-0.2, -0.15) is 0 Å². The van der Waals surface area contributed by atoms with Crippen LogP contribution in [0.1, 0.15) is 31.1 Å². The number of carbonyl (C=O) groups excluding carboxylic acids is 4. The van der Waals surface area contributed by atoms with Gasteiger partial charge in [-0.1, -0.05) is 54.6 Å². The maximum atomic E-state index is 12.8. The molecule has 1 N–H and O–H groups in total. The van der Waals surface area contributed by atoms with Crippen molar-refractivity contribution in [1.29, 1.82) is 0 Å². The van der Waals surface area contributed by atoms with Gasteiger partial charge in [0.15, 0.2) is 6.10 Å². The number of hydrogen-bond donors (Lipinski definition) is 1. The number of carbonyl (C=O) groups is 4. The van der Waals surface area contributed by atoms with Gasteiger partial charge in [0.05, 0.1) is 16.7 Å². The zero-order valence-electron chi connectivity index (χ0n) is 18.7. The average Bonchev–Trinajstić information content (AvgIpc) is 3.20. The van der Waals surface area contributed by atoms with Crippen LogP contribution in [0.5, 0.6) is 0 Å². The van der Waals surface area contributed by atoms with E-state index >= 15 is 0 Å². The van der Waals surface area contributed by atoms with Crippen molar-refractivity contribution in [3.63, 3.8) is 0 Å². The fourth-order valence-electron chi connectivity index (χ4n) is 3.32. The smallest absolute Gasteiger partial charge is 0.378 e. The van der Waals surface area contributed by atoms with E-state index < -0.39 is 54.2 Å². The normalized spacial score (nSPS) is 15.6. The summed E-state index contributed by atoms with van der Waals surface area (Å²) in [5, 5.41) is 10.3. The molecular weight excluding hydrogens is 468 g/mol. The lowest BCUT2D eigenvalue weighted by atomic mass is 10.1. The van der Waals surface area contributed by atoms with E-state index in [1.165, 1.54) is 36.4 Å². The zero-order chi connectivity index (χ0) is 25.5. The topological polar surface area (TPSA) is 125 Å². The molecular formula is C27H20O9. The third kappa shape index (κ3) is 5.58. The van der Waals surface area contributed by atoms with E-state index in [1.54, 1.807) is 54.6 Å². The molecule has 9 nitrogen and oxygen atoms in total. The van der Waals surface area contributed by atoms with Crippen molar-refractivity contribution in [3.05, 3.63) is 119 Å². The van der Waals surface area contributed by atoms with Gasteiger partial charge in [-0.25, -0.2) is 19.2 Å². The van der Waals surface area contributed by atoms with Gasteiger partial charge in [0.25, 0.3) is 0 Å². The Balaban J connectivity index is 1.58. The Bertz CT molecular complexity index is 1280. The van der Waals surface area contributed by atoms with Crippen LogP contribution in [0.2, 0.25) is 0 Å². The van der Waals surface area contributed by atoms with Gasteiger partial charge >= 0.3 is 23.9 Å². The van der Waals surface area contributed by atoms with E-state index in [-0.39, 0.29) is 16.7 Å². The molecule has 2 atom stereocenters. The quantitative estimate of drug-likeness (QED) is 0.374. The van der Waals surface area contributed by atoms with Crippen molar-refractivity contribution in [2.75, 3.05) is 6.61 Å². The van der Waals surface area contributed by atoms with Crippen LogP contribution in [0, 0.1) is 0 Å². The molecule has 4 rings (SSSR count). The van der Waals surface area contributed by atoms with E-state index in [9.17, 15) is 24.3 Å². The molecule has 0 aliphatic carbocycles. The number of ether oxygens (including phenoxy) is 4.